The van der Waals surface area contributed by atoms with Crippen LogP contribution in [-0.2, 0) is 4.79 Å². The lowest BCUT2D eigenvalue weighted by molar-refractivity contribution is -0.123. The molecule has 0 atom stereocenters. The van der Waals surface area contributed by atoms with Crippen molar-refractivity contribution in [3.8, 4) is 5.75 Å². The molecule has 1 N–H and O–H groups in total. The van der Waals surface area contributed by atoms with Gasteiger partial charge in [-0.15, -0.1) is 0 Å². The summed E-state index contributed by atoms with van der Waals surface area (Å²) >= 11 is 0. The number of carbonyl (C=O) groups excluding carboxylic acids is 1. The van der Waals surface area contributed by atoms with Crippen molar-refractivity contribution in [2.45, 2.75) is 27.7 Å². The minimum Gasteiger partial charge on any atom is -0.483 e. The van der Waals surface area contributed by atoms with Crippen LogP contribution in [-0.4, -0.2) is 43.6 Å². The maximum atomic E-state index is 11.7. The monoisotopic (exact) mass is 278 g/mol. The Morgan fingerprint density at radius 1 is 1.25 bits per heavy atom. The first kappa shape index (κ1) is 16.5. The lowest BCUT2D eigenvalue weighted by atomic mass is 10.1. The molecule has 1 amide bonds. The van der Waals surface area contributed by atoms with Crippen molar-refractivity contribution in [1.82, 2.24) is 10.2 Å². The van der Waals surface area contributed by atoms with E-state index < -0.39 is 0 Å². The summed E-state index contributed by atoms with van der Waals surface area (Å²) in [7, 11) is 0. The third-order valence-corrected chi connectivity index (χ3v) is 3.35. The fourth-order valence-electron chi connectivity index (χ4n) is 1.95. The normalized spacial score (nSPS) is 10.7. The van der Waals surface area contributed by atoms with Crippen molar-refractivity contribution in [1.29, 1.82) is 0 Å². The molecule has 0 spiro atoms. The van der Waals surface area contributed by atoms with Gasteiger partial charge in [-0.2, -0.15) is 0 Å². The zero-order chi connectivity index (χ0) is 15.0. The molecule has 0 aliphatic rings. The highest BCUT2D eigenvalue weighted by atomic mass is 16.5. The Labute approximate surface area is 122 Å². The Morgan fingerprint density at radius 3 is 2.60 bits per heavy atom. The molecule has 1 rings (SSSR count). The summed E-state index contributed by atoms with van der Waals surface area (Å²) in [6.07, 6.45) is 0. The predicted molar refractivity (Wildman–Crippen MR) is 82.2 cm³/mol. The van der Waals surface area contributed by atoms with Crippen molar-refractivity contribution in [2.75, 3.05) is 32.8 Å². The van der Waals surface area contributed by atoms with Gasteiger partial charge in [-0.3, -0.25) is 4.79 Å². The van der Waals surface area contributed by atoms with Crippen molar-refractivity contribution in [3.05, 3.63) is 29.3 Å². The number of benzene rings is 1. The second-order valence-electron chi connectivity index (χ2n) is 4.93. The number of ether oxygens (including phenoxy) is 1. The molecule has 0 bridgehead atoms. The molecule has 112 valence electrons. The molecule has 4 nitrogen and oxygen atoms in total. The summed E-state index contributed by atoms with van der Waals surface area (Å²) in [4.78, 5) is 14.0. The van der Waals surface area contributed by atoms with E-state index in [1.165, 1.54) is 0 Å². The molecular formula is C16H26N2O2. The molecule has 4 heteroatoms. The molecule has 1 aromatic rings. The van der Waals surface area contributed by atoms with Gasteiger partial charge in [-0.25, -0.2) is 0 Å². The minimum absolute atomic E-state index is 0.0712. The third-order valence-electron chi connectivity index (χ3n) is 3.35. The first-order valence-corrected chi connectivity index (χ1v) is 7.25. The number of nitrogens with zero attached hydrogens (tertiary/aromatic N) is 1. The Bertz CT molecular complexity index is 428. The van der Waals surface area contributed by atoms with Gasteiger partial charge in [0.15, 0.2) is 6.61 Å². The van der Waals surface area contributed by atoms with Gasteiger partial charge < -0.3 is 15.0 Å². The SMILES string of the molecule is CCN(CC)CCNC(=O)COc1cc(C)ccc1C. The molecule has 0 heterocycles. The standard InChI is InChI=1S/C16H26N2O2/c1-5-18(6-2)10-9-17-16(19)12-20-15-11-13(3)7-8-14(15)4/h7-8,11H,5-6,9-10,12H2,1-4H3,(H,17,19). The molecule has 0 fully saturated rings. The summed E-state index contributed by atoms with van der Waals surface area (Å²) in [6.45, 7) is 11.9. The van der Waals surface area contributed by atoms with Crippen molar-refractivity contribution in [3.63, 3.8) is 0 Å². The molecule has 0 aliphatic heterocycles. The first-order chi connectivity index (χ1) is 9.56. The van der Waals surface area contributed by atoms with E-state index in [1.54, 1.807) is 0 Å². The molecule has 0 saturated carbocycles. The van der Waals surface area contributed by atoms with Crippen LogP contribution in [0.5, 0.6) is 5.75 Å². The van der Waals surface area contributed by atoms with Crippen LogP contribution in [0, 0.1) is 13.8 Å². The van der Waals surface area contributed by atoms with Crippen molar-refractivity contribution < 1.29 is 9.53 Å². The van der Waals surface area contributed by atoms with Crippen LogP contribution in [0.1, 0.15) is 25.0 Å². The quantitative estimate of drug-likeness (QED) is 0.792. The summed E-state index contributed by atoms with van der Waals surface area (Å²) in [6, 6.07) is 5.99. The Balaban J connectivity index is 2.31. The van der Waals surface area contributed by atoms with Gasteiger partial charge in [-0.05, 0) is 44.1 Å². The topological polar surface area (TPSA) is 41.6 Å². The van der Waals surface area contributed by atoms with Gasteiger partial charge in [0.05, 0.1) is 0 Å². The number of likely N-dealkylation sites (N-methyl/N-ethyl adjacent to an activating group) is 1. The molecule has 0 radical (unpaired) electrons. The van der Waals surface area contributed by atoms with Gasteiger partial charge >= 0.3 is 0 Å². The van der Waals surface area contributed by atoms with E-state index in [4.69, 9.17) is 4.74 Å². The van der Waals surface area contributed by atoms with Gasteiger partial charge in [0.1, 0.15) is 5.75 Å². The van der Waals surface area contributed by atoms with Crippen molar-refractivity contribution >= 4 is 5.91 Å². The molecular weight excluding hydrogens is 252 g/mol. The van der Waals surface area contributed by atoms with Crippen LogP contribution in [0.15, 0.2) is 18.2 Å². The minimum atomic E-state index is -0.0712. The summed E-state index contributed by atoms with van der Waals surface area (Å²) < 4.78 is 5.56. The largest absolute Gasteiger partial charge is 0.483 e. The number of rotatable bonds is 8. The number of carbonyl (C=O) groups is 1. The summed E-state index contributed by atoms with van der Waals surface area (Å²) in [5, 5.41) is 2.88. The first-order valence-electron chi connectivity index (χ1n) is 7.25. The van der Waals surface area contributed by atoms with E-state index in [0.29, 0.717) is 6.54 Å². The maximum absolute atomic E-state index is 11.7. The molecule has 0 saturated heterocycles. The number of hydrogen-bond donors (Lipinski definition) is 1. The molecule has 1 aromatic carbocycles. The zero-order valence-corrected chi connectivity index (χ0v) is 13.0. The van der Waals surface area contributed by atoms with Crippen LogP contribution >= 0.6 is 0 Å². The van der Waals surface area contributed by atoms with E-state index >= 15 is 0 Å². The fraction of sp³-hybridized carbons (Fsp3) is 0.562. The zero-order valence-electron chi connectivity index (χ0n) is 13.0. The van der Waals surface area contributed by atoms with Crippen LogP contribution in [0.2, 0.25) is 0 Å². The highest BCUT2D eigenvalue weighted by Crippen LogP contribution is 2.18. The van der Waals surface area contributed by atoms with Crippen LogP contribution in [0.25, 0.3) is 0 Å². The summed E-state index contributed by atoms with van der Waals surface area (Å²) in [5.41, 5.74) is 2.18. The molecule has 0 aliphatic carbocycles. The Hall–Kier alpha value is -1.55. The third kappa shape index (κ3) is 5.61. The van der Waals surface area contributed by atoms with Gasteiger partial charge in [0.2, 0.25) is 0 Å². The predicted octanol–water partition coefficient (Wildman–Crippen LogP) is 2.14. The molecule has 0 unspecified atom stereocenters. The second-order valence-corrected chi connectivity index (χ2v) is 4.93. The summed E-state index contributed by atoms with van der Waals surface area (Å²) in [5.74, 6) is 0.710. The number of aryl methyl sites for hydroxylation is 2. The average Bonchev–Trinajstić information content (AvgIpc) is 2.44. The van der Waals surface area contributed by atoms with Crippen LogP contribution in [0.4, 0.5) is 0 Å². The second kappa shape index (κ2) is 8.59. The highest BCUT2D eigenvalue weighted by molar-refractivity contribution is 5.77. The molecule has 0 aromatic heterocycles. The number of nitrogens with one attached hydrogen (secondary N) is 1. The van der Waals surface area contributed by atoms with Gasteiger partial charge in [-0.1, -0.05) is 26.0 Å². The van der Waals surface area contributed by atoms with Gasteiger partial charge in [0.25, 0.3) is 5.91 Å². The van der Waals surface area contributed by atoms with Crippen LogP contribution < -0.4 is 10.1 Å². The Morgan fingerprint density at radius 2 is 1.95 bits per heavy atom. The van der Waals surface area contributed by atoms with Gasteiger partial charge in [0, 0.05) is 13.1 Å². The maximum Gasteiger partial charge on any atom is 0.257 e. The Kier molecular flexibility index (Phi) is 7.09. The van der Waals surface area contributed by atoms with E-state index in [-0.39, 0.29) is 12.5 Å². The molecule has 20 heavy (non-hydrogen) atoms. The van der Waals surface area contributed by atoms with E-state index in [1.807, 2.05) is 32.0 Å². The average molecular weight is 278 g/mol. The fourth-order valence-corrected chi connectivity index (χ4v) is 1.95. The number of amides is 1. The van der Waals surface area contributed by atoms with Crippen molar-refractivity contribution in [2.24, 2.45) is 0 Å². The smallest absolute Gasteiger partial charge is 0.257 e. The van der Waals surface area contributed by atoms with E-state index in [0.717, 1.165) is 36.5 Å². The lowest BCUT2D eigenvalue weighted by Gasteiger charge is -2.18. The lowest BCUT2D eigenvalue weighted by Crippen LogP contribution is -2.36. The highest BCUT2D eigenvalue weighted by Gasteiger charge is 2.05. The number of hydrogen-bond acceptors (Lipinski definition) is 3. The van der Waals surface area contributed by atoms with Crippen LogP contribution in [0.3, 0.4) is 0 Å². The van der Waals surface area contributed by atoms with E-state index in [9.17, 15) is 4.79 Å². The van der Waals surface area contributed by atoms with E-state index in [2.05, 4.69) is 24.1 Å².